The molecule has 1 aromatic carbocycles. The third-order valence-corrected chi connectivity index (χ3v) is 4.29. The van der Waals surface area contributed by atoms with Crippen molar-refractivity contribution >= 4 is 5.78 Å². The van der Waals surface area contributed by atoms with E-state index in [1.54, 1.807) is 7.11 Å². The van der Waals surface area contributed by atoms with Crippen LogP contribution < -0.4 is 10.1 Å². The molecule has 3 nitrogen and oxygen atoms in total. The molecule has 1 heterocycles. The number of hydrogen-bond acceptors (Lipinski definition) is 3. The first-order valence-electron chi connectivity index (χ1n) is 6.95. The Balaban J connectivity index is 2.49. The fourth-order valence-corrected chi connectivity index (χ4v) is 3.05. The Hall–Kier alpha value is -1.35. The quantitative estimate of drug-likeness (QED) is 0.847. The van der Waals surface area contributed by atoms with Gasteiger partial charge in [-0.25, -0.2) is 0 Å². The van der Waals surface area contributed by atoms with Gasteiger partial charge in [-0.2, -0.15) is 0 Å². The van der Waals surface area contributed by atoms with Crippen molar-refractivity contribution in [3.8, 4) is 5.75 Å². The minimum Gasteiger partial charge on any atom is -0.496 e. The molecule has 1 N–H and O–H groups in total. The van der Waals surface area contributed by atoms with Crippen molar-refractivity contribution in [3.63, 3.8) is 0 Å². The van der Waals surface area contributed by atoms with Crippen molar-refractivity contribution in [1.29, 1.82) is 0 Å². The summed E-state index contributed by atoms with van der Waals surface area (Å²) in [6, 6.07) is 4.01. The van der Waals surface area contributed by atoms with Crippen LogP contribution in [0.5, 0.6) is 5.75 Å². The van der Waals surface area contributed by atoms with E-state index in [0.717, 1.165) is 42.6 Å². The molecule has 1 aliphatic rings. The van der Waals surface area contributed by atoms with Crippen LogP contribution in [0.15, 0.2) is 12.1 Å². The number of benzene rings is 1. The van der Waals surface area contributed by atoms with Crippen LogP contribution in [0.3, 0.4) is 0 Å². The van der Waals surface area contributed by atoms with Crippen LogP contribution in [0.25, 0.3) is 0 Å². The zero-order chi connectivity index (χ0) is 14.0. The molecule has 0 radical (unpaired) electrons. The van der Waals surface area contributed by atoms with E-state index >= 15 is 0 Å². The number of carbonyl (C=O) groups is 1. The number of carbonyl (C=O) groups excluding carboxylic acids is 1. The zero-order valence-corrected chi connectivity index (χ0v) is 12.3. The Labute approximate surface area is 115 Å². The highest BCUT2D eigenvalue weighted by molar-refractivity contribution is 6.04. The summed E-state index contributed by atoms with van der Waals surface area (Å²) in [5.41, 5.74) is 2.65. The van der Waals surface area contributed by atoms with E-state index in [9.17, 15) is 4.79 Å². The molecule has 0 spiro atoms. The molecule has 0 aliphatic carbocycles. The summed E-state index contributed by atoms with van der Waals surface area (Å²) in [7, 11) is 1.64. The summed E-state index contributed by atoms with van der Waals surface area (Å²) in [6.45, 7) is 7.82. The van der Waals surface area contributed by atoms with Crippen molar-refractivity contribution < 1.29 is 9.53 Å². The molecule has 1 atom stereocenters. The van der Waals surface area contributed by atoms with Crippen molar-refractivity contribution in [2.24, 2.45) is 5.41 Å². The molecule has 1 fully saturated rings. The van der Waals surface area contributed by atoms with Crippen molar-refractivity contribution in [2.45, 2.75) is 33.6 Å². The van der Waals surface area contributed by atoms with Crippen LogP contribution in [0.1, 0.15) is 41.3 Å². The van der Waals surface area contributed by atoms with Crippen molar-refractivity contribution in [3.05, 3.63) is 28.8 Å². The number of aryl methyl sites for hydroxylation is 2. The maximum atomic E-state index is 13.0. The SMILES string of the molecule is CCC1(C(=O)c2c(C)cc(C)cc2OC)CCNC1. The van der Waals surface area contributed by atoms with Crippen LogP contribution in [0, 0.1) is 19.3 Å². The predicted molar refractivity (Wildman–Crippen MR) is 77.0 cm³/mol. The van der Waals surface area contributed by atoms with E-state index in [1.165, 1.54) is 0 Å². The van der Waals surface area contributed by atoms with Crippen LogP contribution in [-0.4, -0.2) is 26.0 Å². The second-order valence-corrected chi connectivity index (χ2v) is 5.55. The first-order valence-corrected chi connectivity index (χ1v) is 6.95. The first-order chi connectivity index (χ1) is 9.04. The normalized spacial score (nSPS) is 22.5. The van der Waals surface area contributed by atoms with Crippen LogP contribution in [0.4, 0.5) is 0 Å². The standard InChI is InChI=1S/C16H23NO2/c1-5-16(6-7-17-10-16)15(18)14-12(3)8-11(2)9-13(14)19-4/h8-9,17H,5-7,10H2,1-4H3. The van der Waals surface area contributed by atoms with E-state index in [2.05, 4.69) is 18.3 Å². The summed E-state index contributed by atoms with van der Waals surface area (Å²) >= 11 is 0. The number of rotatable bonds is 4. The smallest absolute Gasteiger partial charge is 0.174 e. The van der Waals surface area contributed by atoms with Crippen LogP contribution in [-0.2, 0) is 0 Å². The number of ketones is 1. The molecule has 19 heavy (non-hydrogen) atoms. The summed E-state index contributed by atoms with van der Waals surface area (Å²) in [4.78, 5) is 13.0. The van der Waals surface area contributed by atoms with Gasteiger partial charge in [-0.05, 0) is 50.4 Å². The molecule has 1 aliphatic heterocycles. The molecule has 0 amide bonds. The molecule has 3 heteroatoms. The lowest BCUT2D eigenvalue weighted by molar-refractivity contribution is 0.0806. The van der Waals surface area contributed by atoms with E-state index in [4.69, 9.17) is 4.74 Å². The lowest BCUT2D eigenvalue weighted by atomic mass is 9.76. The van der Waals surface area contributed by atoms with Gasteiger partial charge in [0.25, 0.3) is 0 Å². The topological polar surface area (TPSA) is 38.3 Å². The molecule has 1 saturated heterocycles. The highest BCUT2D eigenvalue weighted by atomic mass is 16.5. The molecule has 1 unspecified atom stereocenters. The molecular weight excluding hydrogens is 238 g/mol. The Morgan fingerprint density at radius 2 is 2.16 bits per heavy atom. The fraction of sp³-hybridized carbons (Fsp3) is 0.562. The van der Waals surface area contributed by atoms with E-state index in [0.29, 0.717) is 5.75 Å². The molecular formula is C16H23NO2. The summed E-state index contributed by atoms with van der Waals surface area (Å²) in [6.07, 6.45) is 1.79. The summed E-state index contributed by atoms with van der Waals surface area (Å²) < 4.78 is 5.44. The fourth-order valence-electron chi connectivity index (χ4n) is 3.05. The van der Waals surface area contributed by atoms with E-state index in [-0.39, 0.29) is 11.2 Å². The number of methoxy groups -OCH3 is 1. The minimum atomic E-state index is -0.257. The van der Waals surface area contributed by atoms with E-state index < -0.39 is 0 Å². The number of nitrogens with one attached hydrogen (secondary N) is 1. The summed E-state index contributed by atoms with van der Waals surface area (Å²) in [5, 5.41) is 3.32. The predicted octanol–water partition coefficient (Wildman–Crippen LogP) is 2.88. The Morgan fingerprint density at radius 1 is 1.42 bits per heavy atom. The first kappa shape index (κ1) is 14.1. The van der Waals surface area contributed by atoms with Gasteiger partial charge in [-0.1, -0.05) is 13.0 Å². The number of ether oxygens (including phenoxy) is 1. The minimum absolute atomic E-state index is 0.231. The van der Waals surface area contributed by atoms with Gasteiger partial charge in [-0.15, -0.1) is 0 Å². The second kappa shape index (κ2) is 5.33. The van der Waals surface area contributed by atoms with Gasteiger partial charge < -0.3 is 10.1 Å². The molecule has 0 saturated carbocycles. The van der Waals surface area contributed by atoms with Gasteiger partial charge in [0.05, 0.1) is 12.7 Å². The van der Waals surface area contributed by atoms with Gasteiger partial charge in [0.2, 0.25) is 0 Å². The average Bonchev–Trinajstić information content (AvgIpc) is 2.87. The van der Waals surface area contributed by atoms with Gasteiger partial charge in [0.15, 0.2) is 5.78 Å². The second-order valence-electron chi connectivity index (χ2n) is 5.55. The van der Waals surface area contributed by atoms with Gasteiger partial charge >= 0.3 is 0 Å². The lowest BCUT2D eigenvalue weighted by Crippen LogP contribution is -2.33. The highest BCUT2D eigenvalue weighted by Gasteiger charge is 2.41. The molecule has 104 valence electrons. The maximum Gasteiger partial charge on any atom is 0.174 e. The largest absolute Gasteiger partial charge is 0.496 e. The van der Waals surface area contributed by atoms with Gasteiger partial charge in [0.1, 0.15) is 5.75 Å². The molecule has 1 aromatic rings. The summed E-state index contributed by atoms with van der Waals surface area (Å²) in [5.74, 6) is 0.941. The van der Waals surface area contributed by atoms with Crippen LogP contribution >= 0.6 is 0 Å². The lowest BCUT2D eigenvalue weighted by Gasteiger charge is -2.26. The average molecular weight is 261 g/mol. The maximum absolute atomic E-state index is 13.0. The van der Waals surface area contributed by atoms with Gasteiger partial charge in [-0.3, -0.25) is 4.79 Å². The third kappa shape index (κ3) is 2.39. The zero-order valence-electron chi connectivity index (χ0n) is 12.3. The molecule has 0 aromatic heterocycles. The van der Waals surface area contributed by atoms with Crippen molar-refractivity contribution in [2.75, 3.05) is 20.2 Å². The van der Waals surface area contributed by atoms with Gasteiger partial charge in [0, 0.05) is 12.0 Å². The Bertz CT molecular complexity index is 488. The highest BCUT2D eigenvalue weighted by Crippen LogP contribution is 2.37. The number of Topliss-reactive ketones (excluding diaryl/α,β-unsaturated/α-hetero) is 1. The third-order valence-electron chi connectivity index (χ3n) is 4.29. The number of hydrogen-bond donors (Lipinski definition) is 1. The van der Waals surface area contributed by atoms with Crippen LogP contribution in [0.2, 0.25) is 0 Å². The molecule has 2 rings (SSSR count). The molecule has 0 bridgehead atoms. The van der Waals surface area contributed by atoms with E-state index in [1.807, 2.05) is 19.9 Å². The Kier molecular flexibility index (Phi) is 3.95. The Morgan fingerprint density at radius 3 is 2.68 bits per heavy atom. The monoisotopic (exact) mass is 261 g/mol. The van der Waals surface area contributed by atoms with Crippen molar-refractivity contribution in [1.82, 2.24) is 5.32 Å².